The van der Waals surface area contributed by atoms with Crippen molar-refractivity contribution >= 4 is 0 Å². The average Bonchev–Trinajstić information content (AvgIpc) is 2.26. The lowest BCUT2D eigenvalue weighted by molar-refractivity contribution is 0.411. The van der Waals surface area contributed by atoms with Crippen molar-refractivity contribution in [2.75, 3.05) is 7.11 Å². The molecule has 0 fully saturated rings. The minimum atomic E-state index is 0.998. The van der Waals surface area contributed by atoms with Gasteiger partial charge in [0.15, 0.2) is 0 Å². The molecule has 1 heteroatoms. The van der Waals surface area contributed by atoms with E-state index in [-0.39, 0.29) is 0 Å². The highest BCUT2D eigenvalue weighted by Crippen LogP contribution is 2.23. The lowest BCUT2D eigenvalue weighted by atomic mass is 10.0. The topological polar surface area (TPSA) is 9.23 Å². The van der Waals surface area contributed by atoms with E-state index in [4.69, 9.17) is 4.74 Å². The Morgan fingerprint density at radius 2 is 1.67 bits per heavy atom. The summed E-state index contributed by atoms with van der Waals surface area (Å²) in [6.07, 6.45) is 2.36. The van der Waals surface area contributed by atoms with Gasteiger partial charge in [0.2, 0.25) is 0 Å². The van der Waals surface area contributed by atoms with Crippen LogP contribution in [0.1, 0.15) is 43.9 Å². The van der Waals surface area contributed by atoms with Gasteiger partial charge in [0.05, 0.1) is 7.11 Å². The maximum absolute atomic E-state index is 5.26. The van der Waals surface area contributed by atoms with Gasteiger partial charge in [-0.1, -0.05) is 33.3 Å². The molecule has 0 saturated heterocycles. The van der Waals surface area contributed by atoms with Crippen LogP contribution >= 0.6 is 0 Å². The Labute approximate surface area is 94.5 Å². The first-order valence-corrected chi connectivity index (χ1v) is 5.83. The van der Waals surface area contributed by atoms with Crippen LogP contribution in [0.5, 0.6) is 5.75 Å². The molecule has 0 atom stereocenters. The number of methoxy groups -OCH3 is 1. The number of hydrogen-bond acceptors (Lipinski definition) is 1. The van der Waals surface area contributed by atoms with E-state index in [1.807, 2.05) is 13.8 Å². The van der Waals surface area contributed by atoms with E-state index >= 15 is 0 Å². The minimum Gasteiger partial charge on any atom is -0.496 e. The van der Waals surface area contributed by atoms with Crippen LogP contribution in [0.4, 0.5) is 0 Å². The number of rotatable bonds is 3. The highest BCUT2D eigenvalue weighted by atomic mass is 16.5. The number of hydrogen-bond donors (Lipinski definition) is 0. The Bertz CT molecular complexity index is 290. The monoisotopic (exact) mass is 208 g/mol. The van der Waals surface area contributed by atoms with E-state index in [9.17, 15) is 0 Å². The first kappa shape index (κ1) is 14.0. The summed E-state index contributed by atoms with van der Waals surface area (Å²) < 4.78 is 5.26. The Hall–Kier alpha value is -0.980. The third-order valence-electron chi connectivity index (χ3n) is 2.37. The number of benzene rings is 1. The zero-order valence-corrected chi connectivity index (χ0v) is 11.0. The molecule has 0 unspecified atom stereocenters. The molecule has 0 aromatic heterocycles. The predicted octanol–water partition coefficient (Wildman–Crippen LogP) is 4.29. The van der Waals surface area contributed by atoms with Crippen molar-refractivity contribution < 1.29 is 4.74 Å². The summed E-state index contributed by atoms with van der Waals surface area (Å²) in [6, 6.07) is 4.36. The third-order valence-corrected chi connectivity index (χ3v) is 2.37. The molecule has 0 amide bonds. The highest BCUT2D eigenvalue weighted by molar-refractivity contribution is 5.41. The van der Waals surface area contributed by atoms with Gasteiger partial charge in [-0.25, -0.2) is 0 Å². The molecule has 15 heavy (non-hydrogen) atoms. The predicted molar refractivity (Wildman–Crippen MR) is 67.8 cm³/mol. The van der Waals surface area contributed by atoms with Crippen molar-refractivity contribution in [3.63, 3.8) is 0 Å². The fraction of sp³-hybridized carbons (Fsp3) is 0.571. The summed E-state index contributed by atoms with van der Waals surface area (Å²) in [5, 5.41) is 0. The van der Waals surface area contributed by atoms with Crippen LogP contribution in [0.2, 0.25) is 0 Å². The van der Waals surface area contributed by atoms with Crippen LogP contribution in [0.3, 0.4) is 0 Å². The van der Waals surface area contributed by atoms with Gasteiger partial charge < -0.3 is 4.74 Å². The second kappa shape index (κ2) is 7.33. The van der Waals surface area contributed by atoms with E-state index in [0.717, 1.165) is 12.2 Å². The Morgan fingerprint density at radius 3 is 2.13 bits per heavy atom. The van der Waals surface area contributed by atoms with Crippen LogP contribution in [-0.4, -0.2) is 7.11 Å². The van der Waals surface area contributed by atoms with E-state index in [0.29, 0.717) is 0 Å². The summed E-state index contributed by atoms with van der Waals surface area (Å²) in [7, 11) is 1.72. The van der Waals surface area contributed by atoms with Gasteiger partial charge in [-0.05, 0) is 43.0 Å². The minimum absolute atomic E-state index is 0.998. The third kappa shape index (κ3) is 3.94. The summed E-state index contributed by atoms with van der Waals surface area (Å²) in [5.74, 6) is 0.998. The first-order chi connectivity index (χ1) is 7.19. The molecule has 0 saturated carbocycles. The molecule has 1 aromatic carbocycles. The normalized spacial score (nSPS) is 9.20. The van der Waals surface area contributed by atoms with Crippen LogP contribution in [0.15, 0.2) is 12.1 Å². The molecule has 86 valence electrons. The Morgan fingerprint density at radius 1 is 1.07 bits per heavy atom. The van der Waals surface area contributed by atoms with Crippen molar-refractivity contribution in [3.8, 4) is 5.75 Å². The molecule has 1 rings (SSSR count). The molecule has 0 N–H and O–H groups in total. The maximum atomic E-state index is 5.26. The van der Waals surface area contributed by atoms with Crippen molar-refractivity contribution in [1.29, 1.82) is 0 Å². The van der Waals surface area contributed by atoms with Crippen molar-refractivity contribution in [1.82, 2.24) is 0 Å². The summed E-state index contributed by atoms with van der Waals surface area (Å²) in [5.41, 5.74) is 4.02. The van der Waals surface area contributed by atoms with Crippen molar-refractivity contribution in [3.05, 3.63) is 28.8 Å². The molecule has 1 aromatic rings. The lowest BCUT2D eigenvalue weighted by Gasteiger charge is -2.10. The largest absolute Gasteiger partial charge is 0.496 e. The SMILES string of the molecule is CC.CCCc1cc(C)c(OC)cc1C. The fourth-order valence-electron chi connectivity index (χ4n) is 1.61. The van der Waals surface area contributed by atoms with E-state index in [1.165, 1.54) is 23.1 Å². The first-order valence-electron chi connectivity index (χ1n) is 5.83. The van der Waals surface area contributed by atoms with Gasteiger partial charge in [-0.2, -0.15) is 0 Å². The fourth-order valence-corrected chi connectivity index (χ4v) is 1.61. The molecule has 0 radical (unpaired) electrons. The van der Waals surface area contributed by atoms with Gasteiger partial charge in [0.1, 0.15) is 5.75 Å². The van der Waals surface area contributed by atoms with Gasteiger partial charge in [-0.3, -0.25) is 0 Å². The molecule has 0 bridgehead atoms. The zero-order valence-electron chi connectivity index (χ0n) is 11.0. The summed E-state index contributed by atoms with van der Waals surface area (Å²) in [4.78, 5) is 0. The van der Waals surface area contributed by atoms with E-state index < -0.39 is 0 Å². The standard InChI is InChI=1S/C12H18O.C2H6/c1-5-6-11-7-10(3)12(13-4)8-9(11)2;1-2/h7-8H,5-6H2,1-4H3;1-2H3. The molecular formula is C14H24O. The Kier molecular flexibility index (Phi) is 6.85. The summed E-state index contributed by atoms with van der Waals surface area (Å²) in [6.45, 7) is 10.4. The molecule has 1 nitrogen and oxygen atoms in total. The van der Waals surface area contributed by atoms with Crippen molar-refractivity contribution in [2.24, 2.45) is 0 Å². The smallest absolute Gasteiger partial charge is 0.122 e. The van der Waals surface area contributed by atoms with E-state index in [2.05, 4.69) is 32.9 Å². The van der Waals surface area contributed by atoms with Crippen LogP contribution in [0, 0.1) is 13.8 Å². The highest BCUT2D eigenvalue weighted by Gasteiger charge is 2.03. The summed E-state index contributed by atoms with van der Waals surface area (Å²) >= 11 is 0. The number of aryl methyl sites for hydroxylation is 3. The zero-order chi connectivity index (χ0) is 11.8. The van der Waals surface area contributed by atoms with Gasteiger partial charge in [0.25, 0.3) is 0 Å². The molecule has 0 aliphatic heterocycles. The lowest BCUT2D eigenvalue weighted by Crippen LogP contribution is -1.93. The van der Waals surface area contributed by atoms with Crippen molar-refractivity contribution in [2.45, 2.75) is 47.5 Å². The van der Waals surface area contributed by atoms with Crippen LogP contribution < -0.4 is 4.74 Å². The second-order valence-electron chi connectivity index (χ2n) is 3.50. The molecule has 0 spiro atoms. The number of ether oxygens (including phenoxy) is 1. The van der Waals surface area contributed by atoms with Gasteiger partial charge >= 0.3 is 0 Å². The van der Waals surface area contributed by atoms with Gasteiger partial charge in [0, 0.05) is 0 Å². The van der Waals surface area contributed by atoms with E-state index in [1.54, 1.807) is 7.11 Å². The van der Waals surface area contributed by atoms with Gasteiger partial charge in [-0.15, -0.1) is 0 Å². The average molecular weight is 208 g/mol. The molecular weight excluding hydrogens is 184 g/mol. The quantitative estimate of drug-likeness (QED) is 0.720. The molecule has 0 aliphatic rings. The molecule has 0 heterocycles. The Balaban J connectivity index is 0.000000921. The van der Waals surface area contributed by atoms with Crippen LogP contribution in [0.25, 0.3) is 0 Å². The maximum Gasteiger partial charge on any atom is 0.122 e. The second-order valence-corrected chi connectivity index (χ2v) is 3.50. The van der Waals surface area contributed by atoms with Crippen LogP contribution in [-0.2, 0) is 6.42 Å². The molecule has 0 aliphatic carbocycles.